The fraction of sp³-hybridized carbons (Fsp3) is 1.00. The van der Waals surface area contributed by atoms with Crippen LogP contribution in [-0.2, 0) is 0 Å². The molecule has 3 nitrogen and oxygen atoms in total. The average molecular weight is 183 g/mol. The lowest BCUT2D eigenvalue weighted by Gasteiger charge is -2.46. The van der Waals surface area contributed by atoms with Crippen LogP contribution in [-0.4, -0.2) is 30.7 Å². The average Bonchev–Trinajstić information content (AvgIpc) is 2.20. The zero-order valence-electron chi connectivity index (χ0n) is 8.17. The van der Waals surface area contributed by atoms with Crippen molar-refractivity contribution in [3.05, 3.63) is 5.21 Å². The number of hydrogen-bond donors (Lipinski definition) is 1. The number of nitrogens with zero attached hydrogens (tertiary/aromatic N) is 1. The zero-order chi connectivity index (χ0) is 9.10. The maximum absolute atomic E-state index is 11.6. The quantitative estimate of drug-likeness (QED) is 0.666. The predicted molar refractivity (Wildman–Crippen MR) is 53.3 cm³/mol. The van der Waals surface area contributed by atoms with E-state index >= 15 is 0 Å². The van der Waals surface area contributed by atoms with Crippen LogP contribution in [0, 0.1) is 11.1 Å². The highest BCUT2D eigenvalue weighted by Crippen LogP contribution is 2.27. The third-order valence-electron chi connectivity index (χ3n) is 3.43. The molecule has 0 aromatic heterocycles. The van der Waals surface area contributed by atoms with Crippen LogP contribution in [0.3, 0.4) is 0 Å². The Morgan fingerprint density at radius 2 is 1.85 bits per heavy atom. The molecule has 2 fully saturated rings. The van der Waals surface area contributed by atoms with Crippen molar-refractivity contribution in [1.82, 2.24) is 10.4 Å². The van der Waals surface area contributed by atoms with Gasteiger partial charge in [0, 0.05) is 6.04 Å². The topological polar surface area (TPSA) is 38.3 Å². The second kappa shape index (κ2) is 4.40. The molecule has 0 aromatic carbocycles. The Labute approximate surface area is 80.1 Å². The van der Waals surface area contributed by atoms with Crippen LogP contribution in [0.15, 0.2) is 0 Å². The largest absolute Gasteiger partial charge is 0.785 e. The number of rotatable bonds is 1. The molecule has 0 aromatic rings. The SMILES string of the molecule is [O-]N1CCCCC1C1CCNCC1. The Hall–Kier alpha value is -0.120. The molecule has 2 heterocycles. The molecule has 76 valence electrons. The maximum atomic E-state index is 11.6. The first kappa shape index (κ1) is 9.44. The highest BCUT2D eigenvalue weighted by molar-refractivity contribution is 4.85. The van der Waals surface area contributed by atoms with Crippen molar-refractivity contribution >= 4 is 0 Å². The first-order valence-electron chi connectivity index (χ1n) is 5.52. The van der Waals surface area contributed by atoms with Crippen molar-refractivity contribution in [1.29, 1.82) is 0 Å². The summed E-state index contributed by atoms with van der Waals surface area (Å²) in [5.74, 6) is 0.666. The van der Waals surface area contributed by atoms with E-state index in [2.05, 4.69) is 5.32 Å². The van der Waals surface area contributed by atoms with Crippen LogP contribution in [0.2, 0.25) is 0 Å². The second-order valence-electron chi connectivity index (χ2n) is 4.29. The summed E-state index contributed by atoms with van der Waals surface area (Å²) in [6, 6.07) is 0.343. The van der Waals surface area contributed by atoms with E-state index in [4.69, 9.17) is 0 Å². The maximum Gasteiger partial charge on any atom is 0.000357 e. The van der Waals surface area contributed by atoms with E-state index in [0.717, 1.165) is 32.5 Å². The lowest BCUT2D eigenvalue weighted by molar-refractivity contribution is 0.130. The van der Waals surface area contributed by atoms with Gasteiger partial charge in [0.15, 0.2) is 0 Å². The van der Waals surface area contributed by atoms with Gasteiger partial charge in [-0.3, -0.25) is 0 Å². The Morgan fingerprint density at radius 3 is 2.54 bits per heavy atom. The fourth-order valence-corrected chi connectivity index (χ4v) is 2.63. The van der Waals surface area contributed by atoms with Gasteiger partial charge in [0.25, 0.3) is 0 Å². The predicted octanol–water partition coefficient (Wildman–Crippen LogP) is 1.34. The van der Waals surface area contributed by atoms with Crippen molar-refractivity contribution in [2.75, 3.05) is 19.6 Å². The summed E-state index contributed by atoms with van der Waals surface area (Å²) in [5.41, 5.74) is 0. The van der Waals surface area contributed by atoms with E-state index < -0.39 is 0 Å². The molecule has 0 radical (unpaired) electrons. The summed E-state index contributed by atoms with van der Waals surface area (Å²) in [6.07, 6.45) is 5.89. The van der Waals surface area contributed by atoms with Gasteiger partial charge in [0.2, 0.25) is 0 Å². The van der Waals surface area contributed by atoms with Crippen molar-refractivity contribution in [2.45, 2.75) is 38.1 Å². The molecule has 0 aliphatic carbocycles. The number of hydrogen-bond acceptors (Lipinski definition) is 3. The van der Waals surface area contributed by atoms with Gasteiger partial charge in [-0.05, 0) is 51.2 Å². The Bertz CT molecular complexity index is 157. The molecule has 1 unspecified atom stereocenters. The third-order valence-corrected chi connectivity index (χ3v) is 3.43. The highest BCUT2D eigenvalue weighted by atomic mass is 16.5. The standard InChI is InChI=1S/C10H19N2O/c13-12-8-2-1-3-10(12)9-4-6-11-7-5-9/h9-11H,1-8H2/q-1. The van der Waals surface area contributed by atoms with Gasteiger partial charge in [-0.1, -0.05) is 6.42 Å². The molecular weight excluding hydrogens is 164 g/mol. The summed E-state index contributed by atoms with van der Waals surface area (Å²) in [7, 11) is 0. The van der Waals surface area contributed by atoms with Gasteiger partial charge >= 0.3 is 0 Å². The van der Waals surface area contributed by atoms with Gasteiger partial charge in [0.05, 0.1) is 0 Å². The van der Waals surface area contributed by atoms with Crippen molar-refractivity contribution in [2.24, 2.45) is 5.92 Å². The molecular formula is C10H19N2O-. The molecule has 2 saturated heterocycles. The van der Waals surface area contributed by atoms with E-state index in [1.165, 1.54) is 24.3 Å². The first-order chi connectivity index (χ1) is 6.38. The Kier molecular flexibility index (Phi) is 3.19. The number of nitrogens with one attached hydrogen (secondary N) is 1. The molecule has 3 heteroatoms. The molecule has 0 spiro atoms. The number of hydroxylamine groups is 2. The molecule has 0 saturated carbocycles. The monoisotopic (exact) mass is 183 g/mol. The van der Waals surface area contributed by atoms with Gasteiger partial charge in [-0.2, -0.15) is 0 Å². The summed E-state index contributed by atoms with van der Waals surface area (Å²) < 4.78 is 0. The lowest BCUT2D eigenvalue weighted by Crippen LogP contribution is -2.44. The van der Waals surface area contributed by atoms with Crippen LogP contribution in [0.5, 0.6) is 0 Å². The summed E-state index contributed by atoms with van der Waals surface area (Å²) in [4.78, 5) is 0. The third kappa shape index (κ3) is 2.22. The van der Waals surface area contributed by atoms with E-state index in [1.807, 2.05) is 0 Å². The molecule has 13 heavy (non-hydrogen) atoms. The number of piperidine rings is 2. The molecule has 2 aliphatic rings. The molecule has 1 atom stereocenters. The van der Waals surface area contributed by atoms with Crippen molar-refractivity contribution < 1.29 is 0 Å². The molecule has 0 amide bonds. The van der Waals surface area contributed by atoms with E-state index in [1.54, 1.807) is 0 Å². The van der Waals surface area contributed by atoms with Crippen LogP contribution < -0.4 is 5.32 Å². The van der Waals surface area contributed by atoms with Crippen molar-refractivity contribution in [3.63, 3.8) is 0 Å². The Balaban J connectivity index is 1.88. The lowest BCUT2D eigenvalue weighted by atomic mass is 9.85. The van der Waals surface area contributed by atoms with E-state index in [-0.39, 0.29) is 0 Å². The fourth-order valence-electron chi connectivity index (χ4n) is 2.63. The first-order valence-corrected chi connectivity index (χ1v) is 5.52. The highest BCUT2D eigenvalue weighted by Gasteiger charge is 2.25. The zero-order valence-corrected chi connectivity index (χ0v) is 8.17. The molecule has 1 N–H and O–H groups in total. The second-order valence-corrected chi connectivity index (χ2v) is 4.29. The Morgan fingerprint density at radius 1 is 1.08 bits per heavy atom. The van der Waals surface area contributed by atoms with E-state index in [0.29, 0.717) is 12.0 Å². The smallest absolute Gasteiger partial charge is 0.000357 e. The van der Waals surface area contributed by atoms with Gasteiger partial charge < -0.3 is 15.6 Å². The van der Waals surface area contributed by atoms with Crippen LogP contribution in [0.4, 0.5) is 0 Å². The van der Waals surface area contributed by atoms with Gasteiger partial charge in [-0.25, -0.2) is 0 Å². The van der Waals surface area contributed by atoms with Crippen molar-refractivity contribution in [3.8, 4) is 0 Å². The van der Waals surface area contributed by atoms with Gasteiger partial charge in [-0.15, -0.1) is 0 Å². The summed E-state index contributed by atoms with van der Waals surface area (Å²) >= 11 is 0. The minimum absolute atomic E-state index is 0.343. The molecule has 0 bridgehead atoms. The van der Waals surface area contributed by atoms with Crippen LogP contribution in [0.25, 0.3) is 0 Å². The molecule has 2 rings (SSSR count). The normalized spacial score (nSPS) is 33.5. The summed E-state index contributed by atoms with van der Waals surface area (Å²) in [6.45, 7) is 2.98. The minimum Gasteiger partial charge on any atom is -0.785 e. The van der Waals surface area contributed by atoms with Crippen LogP contribution >= 0.6 is 0 Å². The minimum atomic E-state index is 0.343. The van der Waals surface area contributed by atoms with Crippen LogP contribution in [0.1, 0.15) is 32.1 Å². The summed E-state index contributed by atoms with van der Waals surface area (Å²) in [5, 5.41) is 16.3. The van der Waals surface area contributed by atoms with E-state index in [9.17, 15) is 5.21 Å². The molecule has 2 aliphatic heterocycles. The van der Waals surface area contributed by atoms with Gasteiger partial charge in [0.1, 0.15) is 0 Å².